The fourth-order valence-corrected chi connectivity index (χ4v) is 3.20. The van der Waals surface area contributed by atoms with Crippen LogP contribution in [0.25, 0.3) is 0 Å². The van der Waals surface area contributed by atoms with E-state index in [1.54, 1.807) is 0 Å². The van der Waals surface area contributed by atoms with Gasteiger partial charge in [-0.2, -0.15) is 0 Å². The lowest BCUT2D eigenvalue weighted by Gasteiger charge is -2.24. The van der Waals surface area contributed by atoms with Crippen LogP contribution in [0.2, 0.25) is 0 Å². The molecule has 1 rings (SSSR count). The van der Waals surface area contributed by atoms with Crippen LogP contribution >= 0.6 is 0 Å². The zero-order valence-corrected chi connectivity index (χ0v) is 11.7. The van der Waals surface area contributed by atoms with Crippen molar-refractivity contribution in [3.63, 3.8) is 0 Å². The van der Waals surface area contributed by atoms with E-state index < -0.39 is 0 Å². The van der Waals surface area contributed by atoms with Crippen LogP contribution in [-0.2, 0) is 0 Å². The third-order valence-corrected chi connectivity index (χ3v) is 4.49. The molecule has 0 heterocycles. The molecular weight excluding hydrogens is 180 g/mol. The summed E-state index contributed by atoms with van der Waals surface area (Å²) in [6.45, 7) is 14.3. The maximum absolute atomic E-state index is 2.42. The van der Waals surface area contributed by atoms with E-state index in [4.69, 9.17) is 0 Å². The van der Waals surface area contributed by atoms with Gasteiger partial charge in [0.05, 0.1) is 0 Å². The van der Waals surface area contributed by atoms with Crippen LogP contribution in [-0.4, -0.2) is 0 Å². The molecule has 0 radical (unpaired) electrons. The minimum Gasteiger partial charge on any atom is -0.0651 e. The lowest BCUT2D eigenvalue weighted by Crippen LogP contribution is -2.14. The van der Waals surface area contributed by atoms with E-state index in [0.29, 0.717) is 5.41 Å². The summed E-state index contributed by atoms with van der Waals surface area (Å²) in [4.78, 5) is 0. The molecular formula is C15H30. The predicted octanol–water partition coefficient (Wildman–Crippen LogP) is 5.28. The van der Waals surface area contributed by atoms with E-state index in [1.165, 1.54) is 32.1 Å². The first-order chi connectivity index (χ1) is 6.82. The molecule has 90 valence electrons. The van der Waals surface area contributed by atoms with Gasteiger partial charge in [-0.05, 0) is 41.9 Å². The van der Waals surface area contributed by atoms with Gasteiger partial charge in [0, 0.05) is 0 Å². The Morgan fingerprint density at radius 3 is 2.20 bits per heavy atom. The summed E-state index contributed by atoms with van der Waals surface area (Å²) < 4.78 is 0. The summed E-state index contributed by atoms with van der Waals surface area (Å²) in [7, 11) is 0. The molecule has 2 atom stereocenters. The summed E-state index contributed by atoms with van der Waals surface area (Å²) in [5.41, 5.74) is 1.26. The Bertz CT molecular complexity index is 197. The highest BCUT2D eigenvalue weighted by molar-refractivity contribution is 5.03. The molecule has 1 aliphatic carbocycles. The molecule has 1 aliphatic rings. The first kappa shape index (κ1) is 13.1. The Morgan fingerprint density at radius 2 is 1.87 bits per heavy atom. The monoisotopic (exact) mass is 210 g/mol. The molecule has 0 N–H and O–H groups in total. The van der Waals surface area contributed by atoms with Crippen LogP contribution < -0.4 is 0 Å². The van der Waals surface area contributed by atoms with Gasteiger partial charge in [-0.15, -0.1) is 0 Å². The lowest BCUT2D eigenvalue weighted by atomic mass is 9.81. The van der Waals surface area contributed by atoms with Crippen molar-refractivity contribution in [3.05, 3.63) is 0 Å². The smallest absolute Gasteiger partial charge is 0.0243 e. The molecule has 0 spiro atoms. The van der Waals surface area contributed by atoms with Crippen molar-refractivity contribution >= 4 is 0 Å². The van der Waals surface area contributed by atoms with Gasteiger partial charge < -0.3 is 0 Å². The Labute approximate surface area is 96.8 Å². The first-order valence-corrected chi connectivity index (χ1v) is 6.82. The largest absolute Gasteiger partial charge is 0.0651 e. The number of hydrogen-bond acceptors (Lipinski definition) is 0. The molecule has 0 bridgehead atoms. The van der Waals surface area contributed by atoms with Crippen LogP contribution in [0, 0.1) is 22.7 Å². The predicted molar refractivity (Wildman–Crippen MR) is 69.0 cm³/mol. The quantitative estimate of drug-likeness (QED) is 0.579. The Balaban J connectivity index is 2.36. The second-order valence-corrected chi connectivity index (χ2v) is 7.11. The minimum atomic E-state index is 0.523. The van der Waals surface area contributed by atoms with E-state index in [0.717, 1.165) is 17.3 Å². The SMILES string of the molecule is CC[C@@H]1CC1(CCCC(C)(C)C)C(C)C. The van der Waals surface area contributed by atoms with Crippen molar-refractivity contribution in [1.29, 1.82) is 0 Å². The van der Waals surface area contributed by atoms with Crippen LogP contribution in [0.5, 0.6) is 0 Å². The zero-order valence-electron chi connectivity index (χ0n) is 11.7. The maximum Gasteiger partial charge on any atom is -0.0243 e. The van der Waals surface area contributed by atoms with Crippen molar-refractivity contribution in [2.45, 2.75) is 73.6 Å². The molecule has 0 amide bonds. The summed E-state index contributed by atoms with van der Waals surface area (Å²) >= 11 is 0. The fourth-order valence-electron chi connectivity index (χ4n) is 3.20. The van der Waals surface area contributed by atoms with E-state index in [-0.39, 0.29) is 0 Å². The van der Waals surface area contributed by atoms with Gasteiger partial charge in [0.1, 0.15) is 0 Å². The molecule has 1 fully saturated rings. The number of rotatable bonds is 5. The van der Waals surface area contributed by atoms with Crippen LogP contribution in [0.1, 0.15) is 73.6 Å². The van der Waals surface area contributed by atoms with Gasteiger partial charge >= 0.3 is 0 Å². The first-order valence-electron chi connectivity index (χ1n) is 6.82. The van der Waals surface area contributed by atoms with E-state index in [9.17, 15) is 0 Å². The van der Waals surface area contributed by atoms with Gasteiger partial charge in [0.2, 0.25) is 0 Å². The molecule has 0 saturated heterocycles. The highest BCUT2D eigenvalue weighted by Gasteiger charge is 2.53. The third-order valence-electron chi connectivity index (χ3n) is 4.49. The van der Waals surface area contributed by atoms with Gasteiger partial charge in [-0.3, -0.25) is 0 Å². The standard InChI is InChI=1S/C15H30/c1-7-13-11-15(13,12(2)3)10-8-9-14(4,5)6/h12-13H,7-11H2,1-6H3/t13-,15?/m1/s1. The van der Waals surface area contributed by atoms with Crippen LogP contribution in [0.3, 0.4) is 0 Å². The highest BCUT2D eigenvalue weighted by Crippen LogP contribution is 2.62. The summed E-state index contributed by atoms with van der Waals surface area (Å²) in [6.07, 6.45) is 7.19. The van der Waals surface area contributed by atoms with Gasteiger partial charge in [-0.25, -0.2) is 0 Å². The van der Waals surface area contributed by atoms with Gasteiger partial charge in [0.15, 0.2) is 0 Å². The second kappa shape index (κ2) is 4.47. The fraction of sp³-hybridized carbons (Fsp3) is 1.00. The van der Waals surface area contributed by atoms with Crippen molar-refractivity contribution < 1.29 is 0 Å². The topological polar surface area (TPSA) is 0 Å². The van der Waals surface area contributed by atoms with E-state index >= 15 is 0 Å². The van der Waals surface area contributed by atoms with Crippen molar-refractivity contribution in [2.24, 2.45) is 22.7 Å². The average Bonchev–Trinajstić information content (AvgIpc) is 2.77. The normalized spacial score (nSPS) is 31.0. The average molecular weight is 210 g/mol. The highest BCUT2D eigenvalue weighted by atomic mass is 14.6. The van der Waals surface area contributed by atoms with E-state index in [2.05, 4.69) is 41.5 Å². The molecule has 0 aromatic heterocycles. The van der Waals surface area contributed by atoms with Gasteiger partial charge in [0.25, 0.3) is 0 Å². The summed E-state index contributed by atoms with van der Waals surface area (Å²) in [6, 6.07) is 0. The van der Waals surface area contributed by atoms with E-state index in [1.807, 2.05) is 0 Å². The van der Waals surface area contributed by atoms with Crippen LogP contribution in [0.15, 0.2) is 0 Å². The number of hydrogen-bond donors (Lipinski definition) is 0. The molecule has 0 aromatic rings. The summed E-state index contributed by atoms with van der Waals surface area (Å²) in [5, 5.41) is 0. The maximum atomic E-state index is 2.42. The summed E-state index contributed by atoms with van der Waals surface area (Å²) in [5.74, 6) is 1.93. The molecule has 0 heteroatoms. The second-order valence-electron chi connectivity index (χ2n) is 7.11. The van der Waals surface area contributed by atoms with Crippen molar-refractivity contribution in [3.8, 4) is 0 Å². The van der Waals surface area contributed by atoms with Crippen LogP contribution in [0.4, 0.5) is 0 Å². The minimum absolute atomic E-state index is 0.523. The molecule has 0 aromatic carbocycles. The lowest BCUT2D eigenvalue weighted by molar-refractivity contribution is 0.262. The third kappa shape index (κ3) is 3.23. The zero-order chi connectivity index (χ0) is 11.7. The van der Waals surface area contributed by atoms with Gasteiger partial charge in [-0.1, -0.05) is 54.4 Å². The molecule has 0 nitrogen and oxygen atoms in total. The molecule has 0 aliphatic heterocycles. The Kier molecular flexibility index (Phi) is 3.90. The van der Waals surface area contributed by atoms with Crippen molar-refractivity contribution in [1.82, 2.24) is 0 Å². The van der Waals surface area contributed by atoms with Crippen molar-refractivity contribution in [2.75, 3.05) is 0 Å². The Hall–Kier alpha value is 0. The molecule has 15 heavy (non-hydrogen) atoms. The molecule has 1 unspecified atom stereocenters. The molecule has 1 saturated carbocycles. The Morgan fingerprint density at radius 1 is 1.27 bits per heavy atom.